The highest BCUT2D eigenvalue weighted by molar-refractivity contribution is 7.88. The van der Waals surface area contributed by atoms with Gasteiger partial charge in [0.05, 0.1) is 12.4 Å². The molecule has 0 saturated carbocycles. The number of rotatable bonds is 6. The molecule has 0 aliphatic carbocycles. The first-order chi connectivity index (χ1) is 13.2. The van der Waals surface area contributed by atoms with Gasteiger partial charge in [0, 0.05) is 26.2 Å². The summed E-state index contributed by atoms with van der Waals surface area (Å²) in [4.78, 5) is 12.4. The average Bonchev–Trinajstić information content (AvgIpc) is 2.66. The van der Waals surface area contributed by atoms with Crippen molar-refractivity contribution >= 4 is 16.1 Å². The highest BCUT2D eigenvalue weighted by atomic mass is 32.2. The second-order valence-electron chi connectivity index (χ2n) is 8.03. The predicted octanol–water partition coefficient (Wildman–Crippen LogP) is 2.60. The van der Waals surface area contributed by atoms with Crippen molar-refractivity contribution in [3.05, 3.63) is 34.9 Å². The van der Waals surface area contributed by atoms with E-state index in [1.807, 2.05) is 18.2 Å². The van der Waals surface area contributed by atoms with Crippen LogP contribution >= 0.6 is 0 Å². The van der Waals surface area contributed by atoms with Gasteiger partial charge in [0.25, 0.3) is 0 Å². The first kappa shape index (κ1) is 21.1. The van der Waals surface area contributed by atoms with Gasteiger partial charge in [-0.05, 0) is 48.3 Å². The summed E-state index contributed by atoms with van der Waals surface area (Å²) >= 11 is 0. The van der Waals surface area contributed by atoms with E-state index in [2.05, 4.69) is 0 Å². The normalized spacial score (nSPS) is 20.0. The Morgan fingerprint density at radius 2 is 1.93 bits per heavy atom. The van der Waals surface area contributed by atoms with E-state index < -0.39 is 22.2 Å². The largest absolute Gasteiger partial charge is 0.465 e. The summed E-state index contributed by atoms with van der Waals surface area (Å²) in [6, 6.07) is 5.86. The smallest absolute Gasteiger partial charge is 0.407 e. The standard InChI is InChI=1S/C20H30N2O5S/c1-28(26,27)22-12-9-16-13-17(5-6-18(16)14-22)19(23)4-2-3-15-7-10-21(11-8-15)20(24)25/h5-6,13,15,19,23H,2-4,7-12,14H2,1H3,(H,24,25). The molecule has 0 bridgehead atoms. The van der Waals surface area contributed by atoms with Crippen molar-refractivity contribution in [2.75, 3.05) is 25.9 Å². The number of carboxylic acid groups (broad SMARTS) is 1. The molecule has 2 aliphatic rings. The first-order valence-corrected chi connectivity index (χ1v) is 11.8. The molecule has 0 radical (unpaired) electrons. The van der Waals surface area contributed by atoms with E-state index in [9.17, 15) is 18.3 Å². The molecule has 1 unspecified atom stereocenters. The lowest BCUT2D eigenvalue weighted by Gasteiger charge is -2.30. The van der Waals surface area contributed by atoms with Crippen molar-refractivity contribution < 1.29 is 23.4 Å². The molecule has 1 saturated heterocycles. The lowest BCUT2D eigenvalue weighted by Crippen LogP contribution is -2.37. The van der Waals surface area contributed by atoms with E-state index >= 15 is 0 Å². The van der Waals surface area contributed by atoms with Crippen molar-refractivity contribution in [2.45, 2.75) is 51.2 Å². The molecule has 0 spiro atoms. The summed E-state index contributed by atoms with van der Waals surface area (Å²) < 4.78 is 24.9. The SMILES string of the molecule is CS(=O)(=O)N1CCc2cc(C(O)CCCC3CCN(C(=O)O)CC3)ccc2C1. The van der Waals surface area contributed by atoms with Crippen molar-refractivity contribution in [2.24, 2.45) is 5.92 Å². The van der Waals surface area contributed by atoms with Crippen LogP contribution in [0.15, 0.2) is 18.2 Å². The number of amides is 1. The maximum Gasteiger partial charge on any atom is 0.407 e. The Kier molecular flexibility index (Phi) is 6.62. The van der Waals surface area contributed by atoms with Crippen LogP contribution in [0.5, 0.6) is 0 Å². The fraction of sp³-hybridized carbons (Fsp3) is 0.650. The minimum atomic E-state index is -3.18. The minimum Gasteiger partial charge on any atom is -0.465 e. The number of piperidine rings is 1. The highest BCUT2D eigenvalue weighted by Gasteiger charge is 2.24. The van der Waals surface area contributed by atoms with Crippen molar-refractivity contribution in [3.8, 4) is 0 Å². The van der Waals surface area contributed by atoms with Gasteiger partial charge in [-0.25, -0.2) is 13.2 Å². The maximum absolute atomic E-state index is 11.7. The van der Waals surface area contributed by atoms with Crippen LogP contribution in [0.3, 0.4) is 0 Å². The third-order valence-corrected chi connectivity index (χ3v) is 7.29. The Balaban J connectivity index is 1.48. The third-order valence-electron chi connectivity index (χ3n) is 6.04. The van der Waals surface area contributed by atoms with Gasteiger partial charge in [0.1, 0.15) is 0 Å². The van der Waals surface area contributed by atoms with E-state index in [4.69, 9.17) is 5.11 Å². The van der Waals surface area contributed by atoms with Crippen molar-refractivity contribution in [3.63, 3.8) is 0 Å². The average molecular weight is 411 g/mol. The molecule has 2 aliphatic heterocycles. The van der Waals surface area contributed by atoms with Gasteiger partial charge < -0.3 is 15.1 Å². The van der Waals surface area contributed by atoms with Crippen LogP contribution in [0.4, 0.5) is 4.79 Å². The monoisotopic (exact) mass is 410 g/mol. The zero-order valence-electron chi connectivity index (χ0n) is 16.4. The Morgan fingerprint density at radius 3 is 2.57 bits per heavy atom. The van der Waals surface area contributed by atoms with E-state index in [0.29, 0.717) is 44.9 Å². The zero-order chi connectivity index (χ0) is 20.3. The molecule has 1 atom stereocenters. The lowest BCUT2D eigenvalue weighted by molar-refractivity contribution is 0.120. The van der Waals surface area contributed by atoms with Gasteiger partial charge in [-0.15, -0.1) is 0 Å². The highest BCUT2D eigenvalue weighted by Crippen LogP contribution is 2.28. The van der Waals surface area contributed by atoms with E-state index in [-0.39, 0.29) is 0 Å². The van der Waals surface area contributed by atoms with Gasteiger partial charge in [0.15, 0.2) is 0 Å². The van der Waals surface area contributed by atoms with Gasteiger partial charge in [-0.1, -0.05) is 31.0 Å². The van der Waals surface area contributed by atoms with Gasteiger partial charge in [-0.3, -0.25) is 0 Å². The molecule has 8 heteroatoms. The number of hydrogen-bond donors (Lipinski definition) is 2. The minimum absolute atomic E-state index is 0.402. The molecule has 1 amide bonds. The quantitative estimate of drug-likeness (QED) is 0.751. The van der Waals surface area contributed by atoms with Crippen LogP contribution in [0.2, 0.25) is 0 Å². The van der Waals surface area contributed by atoms with E-state index in [0.717, 1.165) is 42.4 Å². The number of sulfonamides is 1. The number of carbonyl (C=O) groups is 1. The Labute approximate surface area is 167 Å². The summed E-state index contributed by atoms with van der Waals surface area (Å²) in [7, 11) is -3.18. The number of fused-ring (bicyclic) bond motifs is 1. The van der Waals surface area contributed by atoms with Crippen molar-refractivity contribution in [1.82, 2.24) is 9.21 Å². The number of hydrogen-bond acceptors (Lipinski definition) is 4. The molecule has 1 aromatic carbocycles. The van der Waals surface area contributed by atoms with Gasteiger partial charge >= 0.3 is 6.09 Å². The summed E-state index contributed by atoms with van der Waals surface area (Å²) in [6.45, 7) is 2.11. The maximum atomic E-state index is 11.7. The van der Waals surface area contributed by atoms with Gasteiger partial charge in [-0.2, -0.15) is 4.31 Å². The molecule has 2 N–H and O–H groups in total. The Hall–Kier alpha value is -1.64. The molecule has 28 heavy (non-hydrogen) atoms. The summed E-state index contributed by atoms with van der Waals surface area (Å²) in [5.41, 5.74) is 3.03. The molecule has 7 nitrogen and oxygen atoms in total. The lowest BCUT2D eigenvalue weighted by atomic mass is 9.90. The topological polar surface area (TPSA) is 98.2 Å². The van der Waals surface area contributed by atoms with Crippen LogP contribution in [-0.2, 0) is 23.0 Å². The fourth-order valence-electron chi connectivity index (χ4n) is 4.22. The number of nitrogens with zero attached hydrogens (tertiary/aromatic N) is 2. The number of aliphatic hydroxyl groups is 1. The Bertz CT molecular complexity index is 803. The van der Waals surface area contributed by atoms with Crippen molar-refractivity contribution in [1.29, 1.82) is 0 Å². The number of likely N-dealkylation sites (tertiary alicyclic amines) is 1. The Morgan fingerprint density at radius 1 is 1.21 bits per heavy atom. The second-order valence-corrected chi connectivity index (χ2v) is 10.0. The van der Waals surface area contributed by atoms with E-state index in [1.165, 1.54) is 15.5 Å². The number of aliphatic hydroxyl groups excluding tert-OH is 1. The second kappa shape index (κ2) is 8.80. The molecular weight excluding hydrogens is 380 g/mol. The molecule has 156 valence electrons. The summed E-state index contributed by atoms with van der Waals surface area (Å²) in [6.07, 6.45) is 4.98. The van der Waals surface area contributed by atoms with Crippen LogP contribution in [0.1, 0.15) is 54.9 Å². The molecule has 1 aromatic rings. The molecule has 0 aromatic heterocycles. The molecule has 1 fully saturated rings. The van der Waals surface area contributed by atoms with Crippen LogP contribution < -0.4 is 0 Å². The van der Waals surface area contributed by atoms with Crippen LogP contribution in [0.25, 0.3) is 0 Å². The summed E-state index contributed by atoms with van der Waals surface area (Å²) in [5, 5.41) is 19.6. The molecule has 3 rings (SSSR count). The number of benzene rings is 1. The van der Waals surface area contributed by atoms with Crippen LogP contribution in [0, 0.1) is 5.92 Å². The van der Waals surface area contributed by atoms with Crippen LogP contribution in [-0.4, -0.2) is 59.8 Å². The zero-order valence-corrected chi connectivity index (χ0v) is 17.2. The first-order valence-electron chi connectivity index (χ1n) is 9.97. The molecular formula is C20H30N2O5S. The fourth-order valence-corrected chi connectivity index (χ4v) is 5.01. The molecule has 2 heterocycles. The van der Waals surface area contributed by atoms with E-state index in [1.54, 1.807) is 0 Å². The predicted molar refractivity (Wildman–Crippen MR) is 107 cm³/mol. The summed E-state index contributed by atoms with van der Waals surface area (Å²) in [5.74, 6) is 0.535. The van der Waals surface area contributed by atoms with Gasteiger partial charge in [0.2, 0.25) is 10.0 Å². The third kappa shape index (κ3) is 5.24.